The Bertz CT molecular complexity index is 359. The van der Waals surface area contributed by atoms with Crippen molar-refractivity contribution in [1.82, 2.24) is 4.90 Å². The number of amides is 1. The van der Waals surface area contributed by atoms with Crippen LogP contribution in [0.3, 0.4) is 0 Å². The molecule has 1 N–H and O–H groups in total. The highest BCUT2D eigenvalue weighted by Crippen LogP contribution is 2.20. The van der Waals surface area contributed by atoms with Crippen LogP contribution < -0.4 is 0 Å². The van der Waals surface area contributed by atoms with Gasteiger partial charge in [0.2, 0.25) is 5.91 Å². The van der Waals surface area contributed by atoms with Crippen molar-refractivity contribution in [3.63, 3.8) is 0 Å². The smallest absolute Gasteiger partial charge is 0.305 e. The van der Waals surface area contributed by atoms with Crippen LogP contribution in [0, 0.1) is 0 Å². The van der Waals surface area contributed by atoms with Gasteiger partial charge in [-0.25, -0.2) is 0 Å². The average molecular weight is 317 g/mol. The number of aliphatic carboxylic acids is 1. The van der Waals surface area contributed by atoms with Gasteiger partial charge in [0.25, 0.3) is 0 Å². The molecule has 2 aliphatic heterocycles. The Kier molecular flexibility index (Phi) is 6.79. The van der Waals surface area contributed by atoms with Gasteiger partial charge in [0.15, 0.2) is 0 Å². The molecular weight excluding hydrogens is 294 g/mol. The van der Waals surface area contributed by atoms with Crippen molar-refractivity contribution >= 4 is 23.6 Å². The van der Waals surface area contributed by atoms with Crippen LogP contribution in [-0.4, -0.2) is 71.9 Å². The van der Waals surface area contributed by atoms with Crippen molar-refractivity contribution in [2.24, 2.45) is 0 Å². The molecule has 2 atom stereocenters. The number of hydrogen-bond acceptors (Lipinski definition) is 5. The van der Waals surface area contributed by atoms with Gasteiger partial charge in [0.05, 0.1) is 38.2 Å². The summed E-state index contributed by atoms with van der Waals surface area (Å²) in [5, 5.41) is 8.91. The number of carboxylic acid groups (broad SMARTS) is 1. The van der Waals surface area contributed by atoms with Crippen molar-refractivity contribution in [2.75, 3.05) is 37.9 Å². The topological polar surface area (TPSA) is 76.1 Å². The molecule has 0 bridgehead atoms. The van der Waals surface area contributed by atoms with Crippen molar-refractivity contribution in [1.29, 1.82) is 0 Å². The first kappa shape index (κ1) is 16.6. The Morgan fingerprint density at radius 2 is 2.29 bits per heavy atom. The van der Waals surface area contributed by atoms with Gasteiger partial charge >= 0.3 is 5.97 Å². The van der Waals surface area contributed by atoms with Crippen LogP contribution in [0.1, 0.15) is 25.7 Å². The second-order valence-electron chi connectivity index (χ2n) is 5.37. The standard InChI is InChI=1S/C14H23NO5S/c16-13(3-6-19-9-12-2-1-5-20-12)15-4-7-21-10-11(15)8-14(17)18/h11-12H,1-10H2,(H,17,18). The number of rotatable bonds is 7. The molecule has 0 radical (unpaired) electrons. The first-order valence-corrected chi connectivity index (χ1v) is 8.60. The van der Waals surface area contributed by atoms with Gasteiger partial charge in [0.1, 0.15) is 0 Å². The predicted octanol–water partition coefficient (Wildman–Crippen LogP) is 0.991. The number of nitrogens with zero attached hydrogens (tertiary/aromatic N) is 1. The lowest BCUT2D eigenvalue weighted by Gasteiger charge is -2.34. The SMILES string of the molecule is O=C(O)CC1CSCCN1C(=O)CCOCC1CCCO1. The zero-order valence-electron chi connectivity index (χ0n) is 12.2. The van der Waals surface area contributed by atoms with Gasteiger partial charge in [0, 0.05) is 24.7 Å². The van der Waals surface area contributed by atoms with E-state index in [0.717, 1.165) is 25.2 Å². The number of thioether (sulfide) groups is 1. The largest absolute Gasteiger partial charge is 0.481 e. The van der Waals surface area contributed by atoms with E-state index in [4.69, 9.17) is 14.6 Å². The minimum Gasteiger partial charge on any atom is -0.481 e. The quantitative estimate of drug-likeness (QED) is 0.706. The fraction of sp³-hybridized carbons (Fsp3) is 0.857. The molecule has 0 saturated carbocycles. The van der Waals surface area contributed by atoms with Gasteiger partial charge in [-0.3, -0.25) is 9.59 Å². The average Bonchev–Trinajstić information content (AvgIpc) is 2.96. The van der Waals surface area contributed by atoms with E-state index >= 15 is 0 Å². The molecule has 0 spiro atoms. The summed E-state index contributed by atoms with van der Waals surface area (Å²) in [5.74, 6) is 0.719. The Hall–Kier alpha value is -0.790. The maximum Gasteiger partial charge on any atom is 0.305 e. The van der Waals surface area contributed by atoms with Gasteiger partial charge in [-0.05, 0) is 12.8 Å². The van der Waals surface area contributed by atoms with E-state index in [1.807, 2.05) is 0 Å². The normalized spacial score (nSPS) is 26.0. The van der Waals surface area contributed by atoms with Crippen molar-refractivity contribution in [3.8, 4) is 0 Å². The number of hydrogen-bond donors (Lipinski definition) is 1. The fourth-order valence-electron chi connectivity index (χ4n) is 2.65. The molecule has 120 valence electrons. The summed E-state index contributed by atoms with van der Waals surface area (Å²) in [4.78, 5) is 24.8. The first-order valence-electron chi connectivity index (χ1n) is 7.45. The van der Waals surface area contributed by atoms with Crippen LogP contribution in [-0.2, 0) is 19.1 Å². The van der Waals surface area contributed by atoms with Crippen LogP contribution >= 0.6 is 11.8 Å². The summed E-state index contributed by atoms with van der Waals surface area (Å²) in [6, 6.07) is -0.188. The van der Waals surface area contributed by atoms with Crippen LogP contribution in [0.5, 0.6) is 0 Å². The van der Waals surface area contributed by atoms with Crippen LogP contribution in [0.2, 0.25) is 0 Å². The molecule has 2 rings (SSSR count). The van der Waals surface area contributed by atoms with E-state index in [1.165, 1.54) is 0 Å². The molecule has 0 aromatic carbocycles. The van der Waals surface area contributed by atoms with Crippen molar-refractivity contribution in [3.05, 3.63) is 0 Å². The molecule has 0 aromatic rings. The fourth-order valence-corrected chi connectivity index (χ4v) is 3.71. The van der Waals surface area contributed by atoms with E-state index in [9.17, 15) is 9.59 Å². The Morgan fingerprint density at radius 1 is 1.43 bits per heavy atom. The highest BCUT2D eigenvalue weighted by Gasteiger charge is 2.28. The van der Waals surface area contributed by atoms with E-state index in [-0.39, 0.29) is 24.5 Å². The van der Waals surface area contributed by atoms with Crippen LogP contribution in [0.25, 0.3) is 0 Å². The molecular formula is C14H23NO5S. The number of carbonyl (C=O) groups is 2. The van der Waals surface area contributed by atoms with E-state index in [2.05, 4.69) is 0 Å². The summed E-state index contributed by atoms with van der Waals surface area (Å²) >= 11 is 1.71. The molecule has 1 amide bonds. The third kappa shape index (κ3) is 5.48. The van der Waals surface area contributed by atoms with Crippen molar-refractivity contribution in [2.45, 2.75) is 37.8 Å². The number of ether oxygens (including phenoxy) is 2. The summed E-state index contributed by atoms with van der Waals surface area (Å²) in [5.41, 5.74) is 0. The van der Waals surface area contributed by atoms with Gasteiger partial charge in [-0.1, -0.05) is 0 Å². The summed E-state index contributed by atoms with van der Waals surface area (Å²) in [6.45, 7) is 2.35. The zero-order valence-corrected chi connectivity index (χ0v) is 13.0. The molecule has 2 saturated heterocycles. The molecule has 0 aliphatic carbocycles. The molecule has 2 aliphatic rings. The van der Waals surface area contributed by atoms with Crippen molar-refractivity contribution < 1.29 is 24.2 Å². The zero-order chi connectivity index (χ0) is 15.1. The predicted molar refractivity (Wildman–Crippen MR) is 79.5 cm³/mol. The van der Waals surface area contributed by atoms with E-state index < -0.39 is 5.97 Å². The maximum absolute atomic E-state index is 12.2. The van der Waals surface area contributed by atoms with Crippen LogP contribution in [0.4, 0.5) is 0 Å². The van der Waals surface area contributed by atoms with Gasteiger partial charge in [-0.2, -0.15) is 11.8 Å². The van der Waals surface area contributed by atoms with Gasteiger partial charge in [-0.15, -0.1) is 0 Å². The second kappa shape index (κ2) is 8.60. The first-order chi connectivity index (χ1) is 10.2. The Labute approximate surface area is 129 Å². The Morgan fingerprint density at radius 3 is 3.00 bits per heavy atom. The third-order valence-electron chi connectivity index (χ3n) is 3.75. The molecule has 6 nitrogen and oxygen atoms in total. The lowest BCUT2D eigenvalue weighted by molar-refractivity contribution is -0.140. The molecule has 2 heterocycles. The lowest BCUT2D eigenvalue weighted by atomic mass is 10.2. The summed E-state index contributed by atoms with van der Waals surface area (Å²) in [7, 11) is 0. The molecule has 0 aromatic heterocycles. The van der Waals surface area contributed by atoms with E-state index in [0.29, 0.717) is 31.9 Å². The lowest BCUT2D eigenvalue weighted by Crippen LogP contribution is -2.47. The highest BCUT2D eigenvalue weighted by molar-refractivity contribution is 7.99. The van der Waals surface area contributed by atoms with E-state index in [1.54, 1.807) is 16.7 Å². The van der Waals surface area contributed by atoms with Crippen LogP contribution in [0.15, 0.2) is 0 Å². The molecule has 7 heteroatoms. The number of carboxylic acids is 1. The minimum atomic E-state index is -0.852. The summed E-state index contributed by atoms with van der Waals surface area (Å²) < 4.78 is 11.0. The summed E-state index contributed by atoms with van der Waals surface area (Å²) in [6.07, 6.45) is 2.61. The monoisotopic (exact) mass is 317 g/mol. The van der Waals surface area contributed by atoms with Gasteiger partial charge < -0.3 is 19.5 Å². The minimum absolute atomic E-state index is 0.00566. The maximum atomic E-state index is 12.2. The molecule has 21 heavy (non-hydrogen) atoms. The third-order valence-corrected chi connectivity index (χ3v) is 4.84. The highest BCUT2D eigenvalue weighted by atomic mass is 32.2. The molecule has 2 fully saturated rings. The number of carbonyl (C=O) groups excluding carboxylic acids is 1. The Balaban J connectivity index is 1.68. The molecule has 2 unspecified atom stereocenters. The second-order valence-corrected chi connectivity index (χ2v) is 6.52.